The molecule has 0 spiro atoms. The number of nitrogens with zero attached hydrogens (tertiary/aromatic N) is 4. The van der Waals surface area contributed by atoms with Crippen LogP contribution in [0.2, 0.25) is 0 Å². The highest BCUT2D eigenvalue weighted by Gasteiger charge is 2.30. The van der Waals surface area contributed by atoms with Gasteiger partial charge in [0, 0.05) is 19.6 Å². The SMILES string of the molecule is CCCCCCNC(=O)C(C#N)c1nc2ccccc2nc1N1CCC(Cc2ccccc2)CC1. The zero-order valence-corrected chi connectivity index (χ0v) is 20.6. The Labute approximate surface area is 208 Å². The van der Waals surface area contributed by atoms with Gasteiger partial charge in [-0.05, 0) is 49.3 Å². The van der Waals surface area contributed by atoms with Crippen molar-refractivity contribution in [3.63, 3.8) is 0 Å². The summed E-state index contributed by atoms with van der Waals surface area (Å²) in [6.45, 7) is 4.43. The first-order valence-electron chi connectivity index (χ1n) is 12.9. The fourth-order valence-corrected chi connectivity index (χ4v) is 4.84. The third kappa shape index (κ3) is 6.36. The van der Waals surface area contributed by atoms with Crippen LogP contribution >= 0.6 is 0 Å². The van der Waals surface area contributed by atoms with E-state index in [-0.39, 0.29) is 5.91 Å². The van der Waals surface area contributed by atoms with Gasteiger partial charge in [-0.15, -0.1) is 0 Å². The van der Waals surface area contributed by atoms with E-state index in [4.69, 9.17) is 9.97 Å². The Bertz CT molecular complexity index is 1150. The summed E-state index contributed by atoms with van der Waals surface area (Å²) in [7, 11) is 0. The van der Waals surface area contributed by atoms with Crippen molar-refractivity contribution >= 4 is 22.8 Å². The van der Waals surface area contributed by atoms with E-state index in [0.717, 1.165) is 63.6 Å². The van der Waals surface area contributed by atoms with E-state index < -0.39 is 5.92 Å². The van der Waals surface area contributed by atoms with Gasteiger partial charge in [0.2, 0.25) is 5.91 Å². The number of nitrogens with one attached hydrogen (secondary N) is 1. The lowest BCUT2D eigenvalue weighted by Crippen LogP contribution is -2.37. The number of carbonyl (C=O) groups excluding carboxylic acids is 1. The summed E-state index contributed by atoms with van der Waals surface area (Å²) in [5.74, 6) is 0.0300. The van der Waals surface area contributed by atoms with Crippen molar-refractivity contribution in [1.82, 2.24) is 15.3 Å². The fraction of sp³-hybridized carbons (Fsp3) is 0.448. The van der Waals surface area contributed by atoms with E-state index in [9.17, 15) is 10.1 Å². The number of carbonyl (C=O) groups is 1. The Balaban J connectivity index is 1.52. The highest BCUT2D eigenvalue weighted by molar-refractivity contribution is 5.88. The molecular weight excluding hydrogens is 434 g/mol. The summed E-state index contributed by atoms with van der Waals surface area (Å²) in [4.78, 5) is 24.9. The first kappa shape index (κ1) is 24.7. The zero-order valence-electron chi connectivity index (χ0n) is 20.6. The fourth-order valence-electron chi connectivity index (χ4n) is 4.84. The van der Waals surface area contributed by atoms with Gasteiger partial charge in [-0.3, -0.25) is 4.79 Å². The molecule has 2 aromatic carbocycles. The predicted octanol–water partition coefficient (Wildman–Crippen LogP) is 5.39. The second kappa shape index (κ2) is 12.3. The molecule has 182 valence electrons. The van der Waals surface area contributed by atoms with Crippen molar-refractivity contribution in [3.8, 4) is 6.07 Å². The molecule has 0 radical (unpaired) electrons. The number of nitriles is 1. The van der Waals surface area contributed by atoms with E-state index in [2.05, 4.69) is 53.5 Å². The minimum atomic E-state index is -0.977. The average Bonchev–Trinajstić information content (AvgIpc) is 2.90. The van der Waals surface area contributed by atoms with Crippen LogP contribution in [-0.2, 0) is 11.2 Å². The van der Waals surface area contributed by atoms with Crippen LogP contribution in [-0.4, -0.2) is 35.5 Å². The minimum Gasteiger partial charge on any atom is -0.355 e. The highest BCUT2D eigenvalue weighted by atomic mass is 16.1. The maximum Gasteiger partial charge on any atom is 0.243 e. The van der Waals surface area contributed by atoms with Gasteiger partial charge in [0.1, 0.15) is 5.69 Å². The molecule has 35 heavy (non-hydrogen) atoms. The smallest absolute Gasteiger partial charge is 0.243 e. The number of aromatic nitrogens is 2. The molecule has 1 saturated heterocycles. The third-order valence-corrected chi connectivity index (χ3v) is 6.85. The van der Waals surface area contributed by atoms with Gasteiger partial charge in [-0.25, -0.2) is 9.97 Å². The Kier molecular flexibility index (Phi) is 8.67. The topological polar surface area (TPSA) is 81.9 Å². The molecular formula is C29H35N5O. The highest BCUT2D eigenvalue weighted by Crippen LogP contribution is 2.31. The Morgan fingerprint density at radius 1 is 1.03 bits per heavy atom. The number of amides is 1. The zero-order chi connectivity index (χ0) is 24.5. The van der Waals surface area contributed by atoms with Crippen LogP contribution in [0, 0.1) is 17.2 Å². The molecule has 0 saturated carbocycles. The average molecular weight is 470 g/mol. The van der Waals surface area contributed by atoms with Crippen LogP contribution in [0.4, 0.5) is 5.82 Å². The molecule has 1 N–H and O–H groups in total. The van der Waals surface area contributed by atoms with E-state index >= 15 is 0 Å². The summed E-state index contributed by atoms with van der Waals surface area (Å²) < 4.78 is 0. The summed E-state index contributed by atoms with van der Waals surface area (Å²) in [6, 6.07) is 20.5. The molecule has 3 aromatic rings. The molecule has 1 aromatic heterocycles. The molecule has 4 rings (SSSR count). The third-order valence-electron chi connectivity index (χ3n) is 6.85. The van der Waals surface area contributed by atoms with E-state index in [1.807, 2.05) is 24.3 Å². The first-order valence-corrected chi connectivity index (χ1v) is 12.9. The summed E-state index contributed by atoms with van der Waals surface area (Å²) in [6.07, 6.45) is 7.46. The van der Waals surface area contributed by atoms with E-state index in [1.54, 1.807) is 0 Å². The maximum atomic E-state index is 13.0. The summed E-state index contributed by atoms with van der Waals surface area (Å²) in [5.41, 5.74) is 3.34. The van der Waals surface area contributed by atoms with E-state index in [1.165, 1.54) is 5.56 Å². The van der Waals surface area contributed by atoms with Gasteiger partial charge in [0.05, 0.1) is 17.1 Å². The second-order valence-electron chi connectivity index (χ2n) is 9.46. The lowest BCUT2D eigenvalue weighted by atomic mass is 9.90. The van der Waals surface area contributed by atoms with E-state index in [0.29, 0.717) is 29.5 Å². The maximum absolute atomic E-state index is 13.0. The number of fused-ring (bicyclic) bond motifs is 1. The molecule has 1 aliphatic rings. The van der Waals surface area contributed by atoms with Crippen molar-refractivity contribution in [2.45, 2.75) is 57.8 Å². The molecule has 0 aliphatic carbocycles. The van der Waals surface area contributed by atoms with Crippen molar-refractivity contribution in [2.75, 3.05) is 24.5 Å². The van der Waals surface area contributed by atoms with Gasteiger partial charge >= 0.3 is 0 Å². The minimum absolute atomic E-state index is 0.284. The van der Waals surface area contributed by atoms with Gasteiger partial charge < -0.3 is 10.2 Å². The van der Waals surface area contributed by atoms with Crippen molar-refractivity contribution in [3.05, 3.63) is 65.9 Å². The van der Waals surface area contributed by atoms with Crippen LogP contribution in [0.5, 0.6) is 0 Å². The van der Waals surface area contributed by atoms with Crippen LogP contribution in [0.25, 0.3) is 11.0 Å². The number of piperidine rings is 1. The molecule has 1 atom stereocenters. The largest absolute Gasteiger partial charge is 0.355 e. The van der Waals surface area contributed by atoms with Crippen LogP contribution < -0.4 is 10.2 Å². The standard InChI is InChI=1S/C29H35N5O/c1-2-3-4-10-17-31-29(35)24(21-30)27-28(33-26-14-9-8-13-25(26)32-27)34-18-15-23(16-19-34)20-22-11-6-5-7-12-22/h5-9,11-14,23-24H,2-4,10,15-20H2,1H3,(H,31,35). The van der Waals surface area contributed by atoms with Crippen molar-refractivity contribution in [1.29, 1.82) is 5.26 Å². The monoisotopic (exact) mass is 469 g/mol. The molecule has 1 aliphatic heterocycles. The van der Waals surface area contributed by atoms with Crippen molar-refractivity contribution < 1.29 is 4.79 Å². The Hall–Kier alpha value is -3.46. The number of rotatable bonds is 10. The first-order chi connectivity index (χ1) is 17.2. The second-order valence-corrected chi connectivity index (χ2v) is 9.46. The van der Waals surface area contributed by atoms with Crippen LogP contribution in [0.1, 0.15) is 62.6 Å². The van der Waals surface area contributed by atoms with Crippen molar-refractivity contribution in [2.24, 2.45) is 5.92 Å². The summed E-state index contributed by atoms with van der Waals surface area (Å²) in [5, 5.41) is 13.0. The van der Waals surface area contributed by atoms with Crippen LogP contribution in [0.3, 0.4) is 0 Å². The number of hydrogen-bond donors (Lipinski definition) is 1. The van der Waals surface area contributed by atoms with Gasteiger partial charge in [-0.1, -0.05) is 68.7 Å². The van der Waals surface area contributed by atoms with Crippen LogP contribution in [0.15, 0.2) is 54.6 Å². The van der Waals surface area contributed by atoms with Gasteiger partial charge in [0.25, 0.3) is 0 Å². The quantitative estimate of drug-likeness (QED) is 0.403. The number of anilines is 1. The molecule has 6 nitrogen and oxygen atoms in total. The molecule has 1 fully saturated rings. The number of benzene rings is 2. The number of unbranched alkanes of at least 4 members (excludes halogenated alkanes) is 3. The molecule has 1 unspecified atom stereocenters. The van der Waals surface area contributed by atoms with Gasteiger partial charge in [0.15, 0.2) is 11.7 Å². The predicted molar refractivity (Wildman–Crippen MR) is 140 cm³/mol. The Morgan fingerprint density at radius 2 is 1.71 bits per heavy atom. The molecule has 6 heteroatoms. The molecule has 0 bridgehead atoms. The van der Waals surface area contributed by atoms with Gasteiger partial charge in [-0.2, -0.15) is 5.26 Å². The number of para-hydroxylation sites is 2. The lowest BCUT2D eigenvalue weighted by molar-refractivity contribution is -0.121. The summed E-state index contributed by atoms with van der Waals surface area (Å²) >= 11 is 0. The molecule has 2 heterocycles. The Morgan fingerprint density at radius 3 is 2.40 bits per heavy atom. The number of hydrogen-bond acceptors (Lipinski definition) is 5. The lowest BCUT2D eigenvalue weighted by Gasteiger charge is -2.34. The molecule has 1 amide bonds. The normalized spacial score (nSPS) is 15.0.